The molecule has 2 heterocycles. The third kappa shape index (κ3) is 1.91. The average molecular weight is 197 g/mol. The van der Waals surface area contributed by atoms with E-state index in [4.69, 9.17) is 0 Å². The second-order valence-corrected chi connectivity index (χ2v) is 4.23. The van der Waals surface area contributed by atoms with Gasteiger partial charge in [0.05, 0.1) is 6.54 Å². The molecule has 80 valence electrons. The summed E-state index contributed by atoms with van der Waals surface area (Å²) in [5.41, 5.74) is 0. The highest BCUT2D eigenvalue weighted by Crippen LogP contribution is 2.16. The van der Waals surface area contributed by atoms with Crippen molar-refractivity contribution in [3.63, 3.8) is 0 Å². The summed E-state index contributed by atoms with van der Waals surface area (Å²) in [7, 11) is 0. The lowest BCUT2D eigenvalue weighted by atomic mass is 10.0. The minimum absolute atomic E-state index is 0.184. The van der Waals surface area contributed by atoms with Crippen molar-refractivity contribution in [1.82, 2.24) is 15.5 Å². The Labute approximate surface area is 85.0 Å². The molecule has 0 aromatic rings. The van der Waals surface area contributed by atoms with Crippen LogP contribution in [0.25, 0.3) is 0 Å². The van der Waals surface area contributed by atoms with Crippen molar-refractivity contribution >= 4 is 5.91 Å². The Morgan fingerprint density at radius 3 is 3.07 bits per heavy atom. The van der Waals surface area contributed by atoms with Crippen LogP contribution in [-0.4, -0.2) is 49.1 Å². The molecule has 14 heavy (non-hydrogen) atoms. The minimum Gasteiger partial charge on any atom is -0.353 e. The van der Waals surface area contributed by atoms with Crippen molar-refractivity contribution in [1.29, 1.82) is 0 Å². The largest absolute Gasteiger partial charge is 0.353 e. The van der Waals surface area contributed by atoms with E-state index in [1.54, 1.807) is 0 Å². The van der Waals surface area contributed by atoms with Crippen molar-refractivity contribution < 1.29 is 4.79 Å². The van der Waals surface area contributed by atoms with Crippen LogP contribution < -0.4 is 10.6 Å². The van der Waals surface area contributed by atoms with Gasteiger partial charge in [-0.3, -0.25) is 9.69 Å². The summed E-state index contributed by atoms with van der Waals surface area (Å²) in [6.07, 6.45) is 2.38. The first-order chi connectivity index (χ1) is 6.81. The number of amides is 1. The maximum absolute atomic E-state index is 11.3. The number of nitrogens with zero attached hydrogens (tertiary/aromatic N) is 1. The highest BCUT2D eigenvalue weighted by molar-refractivity contribution is 5.79. The Hall–Kier alpha value is -0.610. The number of carbonyl (C=O) groups is 1. The molecule has 2 atom stereocenters. The van der Waals surface area contributed by atoms with Gasteiger partial charge in [0, 0.05) is 31.7 Å². The molecule has 0 aromatic carbocycles. The van der Waals surface area contributed by atoms with Gasteiger partial charge in [-0.1, -0.05) is 13.3 Å². The first kappa shape index (κ1) is 9.93. The van der Waals surface area contributed by atoms with Crippen molar-refractivity contribution in [3.05, 3.63) is 0 Å². The normalized spacial score (nSPS) is 33.6. The van der Waals surface area contributed by atoms with E-state index in [0.29, 0.717) is 18.6 Å². The lowest BCUT2D eigenvalue weighted by Gasteiger charge is -2.44. The van der Waals surface area contributed by atoms with Crippen LogP contribution in [0.3, 0.4) is 0 Å². The van der Waals surface area contributed by atoms with Crippen LogP contribution in [0.5, 0.6) is 0 Å². The van der Waals surface area contributed by atoms with Gasteiger partial charge in [-0.25, -0.2) is 0 Å². The fourth-order valence-corrected chi connectivity index (χ4v) is 2.45. The molecule has 2 unspecified atom stereocenters. The first-order valence-corrected chi connectivity index (χ1v) is 5.54. The molecular weight excluding hydrogens is 178 g/mol. The third-order valence-electron chi connectivity index (χ3n) is 3.18. The Balaban J connectivity index is 2.00. The monoisotopic (exact) mass is 197 g/mol. The fourth-order valence-electron chi connectivity index (χ4n) is 2.45. The maximum Gasteiger partial charge on any atom is 0.234 e. The van der Waals surface area contributed by atoms with E-state index >= 15 is 0 Å². The second kappa shape index (κ2) is 4.28. The van der Waals surface area contributed by atoms with Gasteiger partial charge in [-0.15, -0.1) is 0 Å². The van der Waals surface area contributed by atoms with Crippen molar-refractivity contribution in [2.45, 2.75) is 31.8 Å². The number of hydrogen-bond donors (Lipinski definition) is 2. The van der Waals surface area contributed by atoms with E-state index < -0.39 is 0 Å². The third-order valence-corrected chi connectivity index (χ3v) is 3.18. The van der Waals surface area contributed by atoms with Gasteiger partial charge in [0.2, 0.25) is 5.91 Å². The molecule has 0 aliphatic carbocycles. The molecule has 2 rings (SSSR count). The second-order valence-electron chi connectivity index (χ2n) is 4.23. The number of carbonyl (C=O) groups excluding carboxylic acids is 1. The summed E-state index contributed by atoms with van der Waals surface area (Å²) in [6.45, 7) is 5.66. The smallest absolute Gasteiger partial charge is 0.234 e. The molecule has 0 spiro atoms. The van der Waals surface area contributed by atoms with Crippen LogP contribution in [-0.2, 0) is 4.79 Å². The molecule has 0 radical (unpaired) electrons. The number of hydrogen-bond acceptors (Lipinski definition) is 3. The van der Waals surface area contributed by atoms with Crippen LogP contribution in [0, 0.1) is 0 Å². The van der Waals surface area contributed by atoms with E-state index in [-0.39, 0.29) is 5.91 Å². The highest BCUT2D eigenvalue weighted by Gasteiger charge is 2.34. The van der Waals surface area contributed by atoms with E-state index in [9.17, 15) is 4.79 Å². The Morgan fingerprint density at radius 1 is 1.43 bits per heavy atom. The summed E-state index contributed by atoms with van der Waals surface area (Å²) in [5, 5.41) is 6.36. The molecule has 2 saturated heterocycles. The summed E-state index contributed by atoms with van der Waals surface area (Å²) in [4.78, 5) is 13.7. The SMILES string of the molecule is CCCC1CNCC2CNC(=O)CN12. The lowest BCUT2D eigenvalue weighted by Crippen LogP contribution is -2.65. The zero-order valence-corrected chi connectivity index (χ0v) is 8.75. The van der Waals surface area contributed by atoms with E-state index in [1.807, 2.05) is 0 Å². The summed E-state index contributed by atoms with van der Waals surface area (Å²) in [5.74, 6) is 0.184. The van der Waals surface area contributed by atoms with E-state index in [2.05, 4.69) is 22.5 Å². The molecule has 0 saturated carbocycles. The molecule has 4 nitrogen and oxygen atoms in total. The molecule has 2 aliphatic heterocycles. The molecule has 0 bridgehead atoms. The van der Waals surface area contributed by atoms with E-state index in [1.165, 1.54) is 12.8 Å². The van der Waals surface area contributed by atoms with Gasteiger partial charge >= 0.3 is 0 Å². The van der Waals surface area contributed by atoms with Gasteiger partial charge in [0.15, 0.2) is 0 Å². The molecule has 1 amide bonds. The van der Waals surface area contributed by atoms with Crippen LogP contribution >= 0.6 is 0 Å². The van der Waals surface area contributed by atoms with E-state index in [0.717, 1.165) is 19.6 Å². The van der Waals surface area contributed by atoms with Gasteiger partial charge in [0.1, 0.15) is 0 Å². The summed E-state index contributed by atoms with van der Waals surface area (Å²) < 4.78 is 0. The number of piperazine rings is 2. The number of rotatable bonds is 2. The highest BCUT2D eigenvalue weighted by atomic mass is 16.2. The van der Waals surface area contributed by atoms with Gasteiger partial charge < -0.3 is 10.6 Å². The van der Waals surface area contributed by atoms with Crippen molar-refractivity contribution in [2.24, 2.45) is 0 Å². The zero-order chi connectivity index (χ0) is 9.97. The molecule has 2 N–H and O–H groups in total. The molecular formula is C10H19N3O. The van der Waals surface area contributed by atoms with Crippen LogP contribution in [0.15, 0.2) is 0 Å². The van der Waals surface area contributed by atoms with Crippen LogP contribution in [0.1, 0.15) is 19.8 Å². The predicted molar refractivity (Wildman–Crippen MR) is 55.1 cm³/mol. The summed E-state index contributed by atoms with van der Waals surface area (Å²) in [6, 6.07) is 1.07. The Kier molecular flexibility index (Phi) is 3.03. The Bertz CT molecular complexity index is 217. The topological polar surface area (TPSA) is 44.4 Å². The fraction of sp³-hybridized carbons (Fsp3) is 0.900. The standard InChI is InChI=1S/C10H19N3O/c1-2-3-8-4-11-5-9-6-12-10(14)7-13(8)9/h8-9,11H,2-7H2,1H3,(H,12,14). The summed E-state index contributed by atoms with van der Waals surface area (Å²) >= 11 is 0. The minimum atomic E-state index is 0.184. The molecule has 4 heteroatoms. The lowest BCUT2D eigenvalue weighted by molar-refractivity contribution is -0.127. The van der Waals surface area contributed by atoms with Crippen LogP contribution in [0.4, 0.5) is 0 Å². The van der Waals surface area contributed by atoms with Gasteiger partial charge in [0.25, 0.3) is 0 Å². The zero-order valence-electron chi connectivity index (χ0n) is 8.75. The van der Waals surface area contributed by atoms with Crippen molar-refractivity contribution in [2.75, 3.05) is 26.2 Å². The molecule has 2 fully saturated rings. The Morgan fingerprint density at radius 2 is 2.29 bits per heavy atom. The average Bonchev–Trinajstić information content (AvgIpc) is 2.19. The van der Waals surface area contributed by atoms with Crippen LogP contribution in [0.2, 0.25) is 0 Å². The number of fused-ring (bicyclic) bond motifs is 1. The van der Waals surface area contributed by atoms with Gasteiger partial charge in [-0.05, 0) is 6.42 Å². The molecule has 2 aliphatic rings. The first-order valence-electron chi connectivity index (χ1n) is 5.54. The molecule has 0 aromatic heterocycles. The quantitative estimate of drug-likeness (QED) is 0.631. The maximum atomic E-state index is 11.3. The van der Waals surface area contributed by atoms with Gasteiger partial charge in [-0.2, -0.15) is 0 Å². The predicted octanol–water partition coefficient (Wildman–Crippen LogP) is -0.441. The van der Waals surface area contributed by atoms with Crippen molar-refractivity contribution in [3.8, 4) is 0 Å². The number of nitrogens with one attached hydrogen (secondary N) is 2.